The summed E-state index contributed by atoms with van der Waals surface area (Å²) < 4.78 is 1.75. The van der Waals surface area contributed by atoms with Crippen LogP contribution in [0.15, 0.2) is 30.6 Å². The molecule has 0 saturated heterocycles. The number of carbonyl (C=O) groups is 1. The van der Waals surface area contributed by atoms with Gasteiger partial charge in [-0.25, -0.2) is 4.98 Å². The summed E-state index contributed by atoms with van der Waals surface area (Å²) in [6, 6.07) is 5.99. The predicted molar refractivity (Wildman–Crippen MR) is 114 cm³/mol. The monoisotopic (exact) mass is 378 g/mol. The van der Waals surface area contributed by atoms with Crippen LogP contribution in [0.25, 0.3) is 22.2 Å². The van der Waals surface area contributed by atoms with E-state index in [-0.39, 0.29) is 11.3 Å². The van der Waals surface area contributed by atoms with Crippen LogP contribution in [0, 0.1) is 19.3 Å². The van der Waals surface area contributed by atoms with Crippen molar-refractivity contribution in [3.63, 3.8) is 0 Å². The van der Waals surface area contributed by atoms with Gasteiger partial charge in [0.1, 0.15) is 0 Å². The first-order valence-corrected chi connectivity index (χ1v) is 9.72. The zero-order valence-corrected chi connectivity index (χ0v) is 18.0. The van der Waals surface area contributed by atoms with Gasteiger partial charge in [0.25, 0.3) is 5.91 Å². The van der Waals surface area contributed by atoms with E-state index in [2.05, 4.69) is 45.8 Å². The minimum absolute atomic E-state index is 0.0324. The van der Waals surface area contributed by atoms with Gasteiger partial charge in [0.05, 0.1) is 23.0 Å². The van der Waals surface area contributed by atoms with Gasteiger partial charge >= 0.3 is 0 Å². The molecule has 5 heteroatoms. The number of carbonyl (C=O) groups excluding carboxylic acids is 1. The lowest BCUT2D eigenvalue weighted by atomic mass is 9.92. The van der Waals surface area contributed by atoms with Crippen LogP contribution in [-0.4, -0.2) is 39.2 Å². The van der Waals surface area contributed by atoms with E-state index in [1.807, 2.05) is 37.3 Å². The van der Waals surface area contributed by atoms with Crippen molar-refractivity contribution in [1.82, 2.24) is 19.7 Å². The molecule has 0 saturated carbocycles. The van der Waals surface area contributed by atoms with Crippen LogP contribution in [0.2, 0.25) is 0 Å². The summed E-state index contributed by atoms with van der Waals surface area (Å²) >= 11 is 0. The molecule has 5 nitrogen and oxygen atoms in total. The molecule has 0 fully saturated rings. The van der Waals surface area contributed by atoms with Crippen LogP contribution in [0.4, 0.5) is 0 Å². The molecule has 2 heterocycles. The van der Waals surface area contributed by atoms with Gasteiger partial charge in [-0.1, -0.05) is 32.9 Å². The van der Waals surface area contributed by atoms with Crippen LogP contribution in [0.3, 0.4) is 0 Å². The second kappa shape index (κ2) is 7.38. The van der Waals surface area contributed by atoms with Gasteiger partial charge in [-0.2, -0.15) is 5.10 Å². The second-order valence-electron chi connectivity index (χ2n) is 8.90. The molecule has 0 atom stereocenters. The molecular formula is C23H30N4O. The van der Waals surface area contributed by atoms with E-state index in [0.29, 0.717) is 5.56 Å². The van der Waals surface area contributed by atoms with E-state index in [1.165, 1.54) is 5.56 Å². The quantitative estimate of drug-likeness (QED) is 0.658. The van der Waals surface area contributed by atoms with Gasteiger partial charge in [-0.15, -0.1) is 0 Å². The van der Waals surface area contributed by atoms with Crippen molar-refractivity contribution in [3.05, 3.63) is 47.3 Å². The normalized spacial score (nSPS) is 11.8. The van der Waals surface area contributed by atoms with E-state index in [1.54, 1.807) is 10.9 Å². The topological polar surface area (TPSA) is 51.0 Å². The first-order chi connectivity index (χ1) is 13.1. The number of aryl methyl sites for hydroxylation is 3. The molecule has 2 aromatic heterocycles. The lowest BCUT2D eigenvalue weighted by molar-refractivity contribution is 0.0782. The fourth-order valence-corrected chi connectivity index (χ4v) is 3.22. The highest BCUT2D eigenvalue weighted by Gasteiger charge is 2.21. The highest BCUT2D eigenvalue weighted by Crippen LogP contribution is 2.29. The van der Waals surface area contributed by atoms with Crippen molar-refractivity contribution >= 4 is 16.8 Å². The van der Waals surface area contributed by atoms with Crippen molar-refractivity contribution in [3.8, 4) is 11.3 Å². The molecule has 28 heavy (non-hydrogen) atoms. The summed E-state index contributed by atoms with van der Waals surface area (Å²) in [5.41, 5.74) is 5.73. The Morgan fingerprint density at radius 1 is 1.21 bits per heavy atom. The molecule has 148 valence electrons. The summed E-state index contributed by atoms with van der Waals surface area (Å²) in [5, 5.41) is 5.17. The van der Waals surface area contributed by atoms with E-state index in [9.17, 15) is 4.79 Å². The Bertz CT molecular complexity index is 1030. The summed E-state index contributed by atoms with van der Waals surface area (Å²) in [6.07, 6.45) is 4.67. The fourth-order valence-electron chi connectivity index (χ4n) is 3.22. The zero-order valence-electron chi connectivity index (χ0n) is 18.0. The number of benzene rings is 1. The first kappa shape index (κ1) is 20.1. The smallest absolute Gasteiger partial charge is 0.254 e. The minimum Gasteiger partial charge on any atom is -0.342 e. The minimum atomic E-state index is 0.0324. The summed E-state index contributed by atoms with van der Waals surface area (Å²) in [4.78, 5) is 20.0. The standard InChI is InChI=1S/C23H30N4O/c1-15-8-9-18-19(22(28)26(6)11-10-23(3,4)5)12-20(25-21(18)16(15)2)17-13-24-27(7)14-17/h8-9,12-14H,10-11H2,1-7H3. The zero-order chi connectivity index (χ0) is 20.6. The molecule has 0 aliphatic heterocycles. The molecule has 0 aliphatic rings. The van der Waals surface area contributed by atoms with Gasteiger partial charge in [0, 0.05) is 37.8 Å². The SMILES string of the molecule is Cc1ccc2c(C(=O)N(C)CCC(C)(C)C)cc(-c3cnn(C)c3)nc2c1C. The van der Waals surface area contributed by atoms with Crippen molar-refractivity contribution < 1.29 is 4.79 Å². The van der Waals surface area contributed by atoms with Gasteiger partial charge in [0.2, 0.25) is 0 Å². The third-order valence-electron chi connectivity index (χ3n) is 5.28. The number of hydrogen-bond acceptors (Lipinski definition) is 3. The summed E-state index contributed by atoms with van der Waals surface area (Å²) in [5.74, 6) is 0.0324. The Morgan fingerprint density at radius 3 is 2.54 bits per heavy atom. The molecule has 1 aromatic carbocycles. The maximum atomic E-state index is 13.3. The molecule has 0 bridgehead atoms. The van der Waals surface area contributed by atoms with Crippen LogP contribution < -0.4 is 0 Å². The van der Waals surface area contributed by atoms with E-state index >= 15 is 0 Å². The average Bonchev–Trinajstić information content (AvgIpc) is 3.07. The molecule has 3 rings (SSSR count). The summed E-state index contributed by atoms with van der Waals surface area (Å²) in [6.45, 7) is 11.4. The van der Waals surface area contributed by atoms with Crippen molar-refractivity contribution in [2.75, 3.05) is 13.6 Å². The molecule has 0 unspecified atom stereocenters. The van der Waals surface area contributed by atoms with Gasteiger partial charge in [-0.05, 0) is 42.9 Å². The van der Waals surface area contributed by atoms with Crippen LogP contribution in [0.1, 0.15) is 48.7 Å². The van der Waals surface area contributed by atoms with Crippen molar-refractivity contribution in [2.45, 2.75) is 41.0 Å². The van der Waals surface area contributed by atoms with Gasteiger partial charge < -0.3 is 4.90 Å². The number of fused-ring (bicyclic) bond motifs is 1. The molecule has 1 amide bonds. The van der Waals surface area contributed by atoms with E-state index in [4.69, 9.17) is 4.98 Å². The Morgan fingerprint density at radius 2 is 1.93 bits per heavy atom. The highest BCUT2D eigenvalue weighted by molar-refractivity contribution is 6.07. The van der Waals surface area contributed by atoms with Gasteiger partial charge in [-0.3, -0.25) is 9.48 Å². The maximum absolute atomic E-state index is 13.3. The number of aromatic nitrogens is 3. The molecule has 0 N–H and O–H groups in total. The van der Waals surface area contributed by atoms with Gasteiger partial charge in [0.15, 0.2) is 0 Å². The molecular weight excluding hydrogens is 348 g/mol. The third-order valence-corrected chi connectivity index (χ3v) is 5.28. The largest absolute Gasteiger partial charge is 0.342 e. The molecule has 3 aromatic rings. The number of rotatable bonds is 4. The number of pyridine rings is 1. The van der Waals surface area contributed by atoms with E-state index in [0.717, 1.165) is 40.7 Å². The first-order valence-electron chi connectivity index (χ1n) is 9.72. The molecule has 0 radical (unpaired) electrons. The Kier molecular flexibility index (Phi) is 5.28. The lowest BCUT2D eigenvalue weighted by Crippen LogP contribution is -2.30. The lowest BCUT2D eigenvalue weighted by Gasteiger charge is -2.24. The number of amides is 1. The van der Waals surface area contributed by atoms with Crippen LogP contribution >= 0.6 is 0 Å². The van der Waals surface area contributed by atoms with Crippen molar-refractivity contribution in [2.24, 2.45) is 12.5 Å². The number of hydrogen-bond donors (Lipinski definition) is 0. The second-order valence-corrected chi connectivity index (χ2v) is 8.90. The van der Waals surface area contributed by atoms with Crippen molar-refractivity contribution in [1.29, 1.82) is 0 Å². The van der Waals surface area contributed by atoms with Crippen LogP contribution in [-0.2, 0) is 7.05 Å². The average molecular weight is 379 g/mol. The Hall–Kier alpha value is -2.69. The highest BCUT2D eigenvalue weighted by atomic mass is 16.2. The van der Waals surface area contributed by atoms with Crippen LogP contribution in [0.5, 0.6) is 0 Å². The number of nitrogens with zero attached hydrogens (tertiary/aromatic N) is 4. The maximum Gasteiger partial charge on any atom is 0.254 e. The third kappa shape index (κ3) is 4.08. The molecule has 0 aliphatic carbocycles. The van der Waals surface area contributed by atoms with E-state index < -0.39 is 0 Å². The Labute approximate surface area is 167 Å². The Balaban J connectivity index is 2.12. The fraction of sp³-hybridized carbons (Fsp3) is 0.435. The predicted octanol–water partition coefficient (Wildman–Crippen LogP) is 4.76. The molecule has 0 spiro atoms. The summed E-state index contributed by atoms with van der Waals surface area (Å²) in [7, 11) is 3.76.